The van der Waals surface area contributed by atoms with E-state index in [9.17, 15) is 5.11 Å². The van der Waals surface area contributed by atoms with Crippen LogP contribution in [0.5, 0.6) is 0 Å². The van der Waals surface area contributed by atoms with Crippen LogP contribution in [0.2, 0.25) is 0 Å². The van der Waals surface area contributed by atoms with Gasteiger partial charge in [-0.05, 0) is 43.4 Å². The van der Waals surface area contributed by atoms with E-state index in [0.717, 1.165) is 63.8 Å². The smallest absolute Gasteiger partial charge is 0.191 e. The zero-order valence-electron chi connectivity index (χ0n) is 18.6. The van der Waals surface area contributed by atoms with Crippen molar-refractivity contribution in [2.75, 3.05) is 37.7 Å². The number of halogens is 1. The molecule has 3 rings (SSSR count). The number of hydrogen-bond acceptors (Lipinski definition) is 5. The van der Waals surface area contributed by atoms with Gasteiger partial charge in [0.1, 0.15) is 12.2 Å². The van der Waals surface area contributed by atoms with Crippen LogP contribution in [0.4, 0.5) is 5.69 Å². The lowest BCUT2D eigenvalue weighted by Crippen LogP contribution is -2.38. The average molecular weight is 541 g/mol. The highest BCUT2D eigenvalue weighted by molar-refractivity contribution is 14.0. The minimum atomic E-state index is 0. The zero-order valence-corrected chi connectivity index (χ0v) is 21.0. The third-order valence-corrected chi connectivity index (χ3v) is 5.60. The number of aryl methyl sites for hydroxylation is 1. The number of hydrogen-bond donors (Lipinski definition) is 3. The highest BCUT2D eigenvalue weighted by Crippen LogP contribution is 2.23. The summed E-state index contributed by atoms with van der Waals surface area (Å²) in [7, 11) is 0. The maximum Gasteiger partial charge on any atom is 0.191 e. The summed E-state index contributed by atoms with van der Waals surface area (Å²) in [5, 5.41) is 24.1. The summed E-state index contributed by atoms with van der Waals surface area (Å²) in [5.74, 6) is 2.28. The lowest BCUT2D eigenvalue weighted by Gasteiger charge is -2.32. The van der Waals surface area contributed by atoms with E-state index < -0.39 is 0 Å². The normalized spacial score (nSPS) is 14.9. The molecule has 0 bridgehead atoms. The van der Waals surface area contributed by atoms with E-state index >= 15 is 0 Å². The van der Waals surface area contributed by atoms with Crippen LogP contribution < -0.4 is 15.5 Å². The second-order valence-corrected chi connectivity index (χ2v) is 7.70. The molecule has 9 heteroatoms. The molecule has 2 heterocycles. The van der Waals surface area contributed by atoms with Crippen LogP contribution in [-0.4, -0.2) is 58.6 Å². The Morgan fingerprint density at radius 1 is 1.16 bits per heavy atom. The van der Waals surface area contributed by atoms with Crippen LogP contribution in [0.1, 0.15) is 38.1 Å². The molecule has 1 aliphatic rings. The molecule has 0 atom stereocenters. The van der Waals surface area contributed by atoms with E-state index in [1.165, 1.54) is 11.3 Å². The van der Waals surface area contributed by atoms with Crippen molar-refractivity contribution in [1.29, 1.82) is 0 Å². The van der Waals surface area contributed by atoms with E-state index in [2.05, 4.69) is 68.4 Å². The number of aromatic nitrogens is 3. The Balaban J connectivity index is 0.00000341. The predicted octanol–water partition coefficient (Wildman–Crippen LogP) is 2.42. The van der Waals surface area contributed by atoms with Crippen molar-refractivity contribution in [3.05, 3.63) is 42.0 Å². The molecule has 1 aromatic carbocycles. The Morgan fingerprint density at radius 3 is 2.55 bits per heavy atom. The first-order valence-electron chi connectivity index (χ1n) is 11.1. The number of aliphatic hydroxyl groups is 1. The van der Waals surface area contributed by atoms with Gasteiger partial charge >= 0.3 is 0 Å². The van der Waals surface area contributed by atoms with Gasteiger partial charge < -0.3 is 25.2 Å². The van der Waals surface area contributed by atoms with Crippen LogP contribution >= 0.6 is 24.0 Å². The molecular weight excluding hydrogens is 505 g/mol. The first kappa shape index (κ1) is 25.4. The van der Waals surface area contributed by atoms with Crippen LogP contribution in [0, 0.1) is 5.92 Å². The largest absolute Gasteiger partial charge is 0.396 e. The van der Waals surface area contributed by atoms with Crippen molar-refractivity contribution in [2.45, 2.75) is 46.2 Å². The maximum atomic E-state index is 9.30. The first-order valence-corrected chi connectivity index (χ1v) is 11.1. The maximum absolute atomic E-state index is 9.30. The molecule has 0 aliphatic carbocycles. The minimum absolute atomic E-state index is 0. The zero-order chi connectivity index (χ0) is 21.2. The fraction of sp³-hybridized carbons (Fsp3) is 0.591. The monoisotopic (exact) mass is 541 g/mol. The Morgan fingerprint density at radius 2 is 1.90 bits per heavy atom. The molecule has 0 unspecified atom stereocenters. The molecule has 0 radical (unpaired) electrons. The second-order valence-electron chi connectivity index (χ2n) is 7.70. The fourth-order valence-corrected chi connectivity index (χ4v) is 3.73. The van der Waals surface area contributed by atoms with Crippen molar-refractivity contribution >= 4 is 35.6 Å². The number of guanidine groups is 1. The van der Waals surface area contributed by atoms with E-state index in [1.54, 1.807) is 6.33 Å². The standard InChI is InChI=1S/C22H35N7O.HI/c1-3-21-27-26-17-29(21)14-11-24-22(23-4-2)25-15-18-5-7-20(8-6-18)28-12-9-19(16-30)10-13-28;/h5-8,17,19,30H,3-4,9-16H2,1-2H3,(H2,23,24,25);1H. The van der Waals surface area contributed by atoms with E-state index in [0.29, 0.717) is 19.1 Å². The van der Waals surface area contributed by atoms with Crippen molar-refractivity contribution in [3.8, 4) is 0 Å². The van der Waals surface area contributed by atoms with Gasteiger partial charge in [0, 0.05) is 51.4 Å². The molecule has 2 aromatic rings. The lowest BCUT2D eigenvalue weighted by molar-refractivity contribution is 0.203. The predicted molar refractivity (Wildman–Crippen MR) is 136 cm³/mol. The topological polar surface area (TPSA) is 90.6 Å². The van der Waals surface area contributed by atoms with Gasteiger partial charge in [0.25, 0.3) is 0 Å². The summed E-state index contributed by atoms with van der Waals surface area (Å²) in [6.07, 6.45) is 4.78. The van der Waals surface area contributed by atoms with E-state index in [4.69, 9.17) is 4.99 Å². The van der Waals surface area contributed by atoms with Gasteiger partial charge in [0.15, 0.2) is 5.96 Å². The van der Waals surface area contributed by atoms with Crippen molar-refractivity contribution in [1.82, 2.24) is 25.4 Å². The summed E-state index contributed by atoms with van der Waals surface area (Å²) >= 11 is 0. The van der Waals surface area contributed by atoms with Crippen molar-refractivity contribution in [3.63, 3.8) is 0 Å². The van der Waals surface area contributed by atoms with Gasteiger partial charge in [0.05, 0.1) is 6.54 Å². The Kier molecular flexibility index (Phi) is 11.1. The lowest BCUT2D eigenvalue weighted by atomic mass is 9.97. The van der Waals surface area contributed by atoms with Crippen molar-refractivity contribution in [2.24, 2.45) is 10.9 Å². The van der Waals surface area contributed by atoms with Gasteiger partial charge in [0.2, 0.25) is 0 Å². The summed E-state index contributed by atoms with van der Waals surface area (Å²) < 4.78 is 2.07. The number of aliphatic hydroxyl groups excluding tert-OH is 1. The van der Waals surface area contributed by atoms with E-state index in [-0.39, 0.29) is 24.0 Å². The average Bonchev–Trinajstić information content (AvgIpc) is 3.25. The van der Waals surface area contributed by atoms with E-state index in [1.807, 2.05) is 0 Å². The third-order valence-electron chi connectivity index (χ3n) is 5.60. The Bertz CT molecular complexity index is 785. The van der Waals surface area contributed by atoms with Gasteiger partial charge in [-0.3, -0.25) is 0 Å². The molecule has 172 valence electrons. The summed E-state index contributed by atoms with van der Waals surface area (Å²) in [4.78, 5) is 7.12. The van der Waals surface area contributed by atoms with Gasteiger partial charge in [-0.1, -0.05) is 19.1 Å². The van der Waals surface area contributed by atoms with Crippen LogP contribution in [0.3, 0.4) is 0 Å². The number of nitrogens with zero attached hydrogens (tertiary/aromatic N) is 5. The Labute approximate surface area is 202 Å². The Hall–Kier alpha value is -1.88. The summed E-state index contributed by atoms with van der Waals surface area (Å²) in [6, 6.07) is 8.68. The van der Waals surface area contributed by atoms with Gasteiger partial charge in [-0.2, -0.15) is 0 Å². The summed E-state index contributed by atoms with van der Waals surface area (Å²) in [5.41, 5.74) is 2.44. The van der Waals surface area contributed by atoms with Crippen LogP contribution in [0.15, 0.2) is 35.6 Å². The number of anilines is 1. The second kappa shape index (κ2) is 13.5. The van der Waals surface area contributed by atoms with Gasteiger partial charge in [-0.15, -0.1) is 34.2 Å². The quantitative estimate of drug-likeness (QED) is 0.257. The first-order chi connectivity index (χ1) is 14.7. The molecular formula is C22H36IN7O. The fourth-order valence-electron chi connectivity index (χ4n) is 3.73. The molecule has 1 fully saturated rings. The molecule has 0 amide bonds. The number of piperidine rings is 1. The molecule has 0 spiro atoms. The van der Waals surface area contributed by atoms with Gasteiger partial charge in [-0.25, -0.2) is 4.99 Å². The number of nitrogens with one attached hydrogen (secondary N) is 2. The molecule has 31 heavy (non-hydrogen) atoms. The third kappa shape index (κ3) is 7.64. The summed E-state index contributed by atoms with van der Waals surface area (Å²) in [6.45, 7) is 9.53. The highest BCUT2D eigenvalue weighted by Gasteiger charge is 2.18. The molecule has 1 aromatic heterocycles. The SMILES string of the molecule is CCNC(=NCc1ccc(N2CCC(CO)CC2)cc1)NCCn1cnnc1CC.I. The molecule has 1 saturated heterocycles. The molecule has 1 aliphatic heterocycles. The van der Waals surface area contributed by atoms with Crippen LogP contribution in [0.25, 0.3) is 0 Å². The molecule has 3 N–H and O–H groups in total. The number of benzene rings is 1. The number of aliphatic imine (C=N–C) groups is 1. The molecule has 8 nitrogen and oxygen atoms in total. The molecule has 0 saturated carbocycles. The highest BCUT2D eigenvalue weighted by atomic mass is 127. The van der Waals surface area contributed by atoms with Crippen molar-refractivity contribution < 1.29 is 5.11 Å². The minimum Gasteiger partial charge on any atom is -0.396 e. The van der Waals surface area contributed by atoms with Crippen LogP contribution in [-0.2, 0) is 19.5 Å². The number of rotatable bonds is 9.